The lowest BCUT2D eigenvalue weighted by Gasteiger charge is -2.19. The first-order valence-electron chi connectivity index (χ1n) is 8.40. The molecule has 2 aliphatic heterocycles. The van der Waals surface area contributed by atoms with E-state index < -0.39 is 0 Å². The predicted molar refractivity (Wildman–Crippen MR) is 78.8 cm³/mol. The van der Waals surface area contributed by atoms with Crippen molar-refractivity contribution in [1.82, 2.24) is 10.2 Å². The number of hydrogen-bond acceptors (Lipinski definition) is 4. The Morgan fingerprint density at radius 2 is 1.77 bits per heavy atom. The van der Waals surface area contributed by atoms with E-state index in [4.69, 9.17) is 4.74 Å². The molecule has 0 aromatic carbocycles. The summed E-state index contributed by atoms with van der Waals surface area (Å²) in [5.74, 6) is -0.512. The zero-order valence-corrected chi connectivity index (χ0v) is 12.9. The van der Waals surface area contributed by atoms with Crippen molar-refractivity contribution in [2.75, 3.05) is 19.7 Å². The molecule has 0 aromatic rings. The van der Waals surface area contributed by atoms with E-state index in [1.54, 1.807) is 0 Å². The van der Waals surface area contributed by atoms with Crippen molar-refractivity contribution >= 4 is 17.7 Å². The Morgan fingerprint density at radius 3 is 2.36 bits per heavy atom. The highest BCUT2D eigenvalue weighted by molar-refractivity contribution is 6.05. The second kappa shape index (κ2) is 6.77. The van der Waals surface area contributed by atoms with Gasteiger partial charge >= 0.3 is 0 Å². The molecule has 2 saturated heterocycles. The summed E-state index contributed by atoms with van der Waals surface area (Å²) in [7, 11) is 0. The van der Waals surface area contributed by atoms with E-state index in [9.17, 15) is 14.4 Å². The van der Waals surface area contributed by atoms with Crippen LogP contribution in [-0.2, 0) is 19.1 Å². The van der Waals surface area contributed by atoms with Gasteiger partial charge in [-0.1, -0.05) is 12.8 Å². The summed E-state index contributed by atoms with van der Waals surface area (Å²) in [4.78, 5) is 37.7. The maximum Gasteiger partial charge on any atom is 0.233 e. The molecule has 0 unspecified atom stereocenters. The molecule has 0 radical (unpaired) electrons. The average Bonchev–Trinajstić information content (AvgIpc) is 3.13. The van der Waals surface area contributed by atoms with E-state index in [-0.39, 0.29) is 48.6 Å². The standard InChI is InChI=1S/C16H24N2O4/c19-14(17-10-11-4-3-9-22-11)7-8-18-15(20)12-5-1-2-6-13(12)16(18)21/h11-13H,1-10H2,(H,17,19)/t11-,12-,13-/m0/s1. The minimum atomic E-state index is -0.129. The Kier molecular flexibility index (Phi) is 4.76. The van der Waals surface area contributed by atoms with Crippen molar-refractivity contribution < 1.29 is 19.1 Å². The van der Waals surface area contributed by atoms with Gasteiger partial charge in [0.25, 0.3) is 0 Å². The van der Waals surface area contributed by atoms with Gasteiger partial charge in [-0.05, 0) is 25.7 Å². The quantitative estimate of drug-likeness (QED) is 0.764. The first kappa shape index (κ1) is 15.5. The number of carbonyl (C=O) groups excluding carboxylic acids is 3. The number of carbonyl (C=O) groups is 3. The monoisotopic (exact) mass is 308 g/mol. The highest BCUT2D eigenvalue weighted by atomic mass is 16.5. The van der Waals surface area contributed by atoms with Gasteiger partial charge in [-0.3, -0.25) is 19.3 Å². The maximum atomic E-state index is 12.3. The van der Waals surface area contributed by atoms with Crippen LogP contribution in [0, 0.1) is 11.8 Å². The highest BCUT2D eigenvalue weighted by Crippen LogP contribution is 2.37. The minimum Gasteiger partial charge on any atom is -0.376 e. The fourth-order valence-electron chi connectivity index (χ4n) is 3.79. The van der Waals surface area contributed by atoms with E-state index in [0.717, 1.165) is 45.1 Å². The van der Waals surface area contributed by atoms with Crippen LogP contribution in [0.15, 0.2) is 0 Å². The van der Waals surface area contributed by atoms with Crippen molar-refractivity contribution in [2.24, 2.45) is 11.8 Å². The van der Waals surface area contributed by atoms with Crippen molar-refractivity contribution in [1.29, 1.82) is 0 Å². The molecule has 0 bridgehead atoms. The number of fused-ring (bicyclic) bond motifs is 1. The fraction of sp³-hybridized carbons (Fsp3) is 0.812. The Balaban J connectivity index is 1.45. The normalized spacial score (nSPS) is 31.5. The molecule has 1 aliphatic carbocycles. The van der Waals surface area contributed by atoms with Crippen molar-refractivity contribution in [3.8, 4) is 0 Å². The molecular weight excluding hydrogens is 284 g/mol. The molecule has 122 valence electrons. The molecule has 3 amide bonds. The van der Waals surface area contributed by atoms with Gasteiger partial charge in [0.15, 0.2) is 0 Å². The fourth-order valence-corrected chi connectivity index (χ4v) is 3.79. The van der Waals surface area contributed by atoms with Gasteiger partial charge in [0.05, 0.1) is 17.9 Å². The van der Waals surface area contributed by atoms with Gasteiger partial charge in [0.2, 0.25) is 17.7 Å². The van der Waals surface area contributed by atoms with E-state index in [0.29, 0.717) is 6.54 Å². The lowest BCUT2D eigenvalue weighted by molar-refractivity contribution is -0.140. The van der Waals surface area contributed by atoms with Gasteiger partial charge in [0.1, 0.15) is 0 Å². The summed E-state index contributed by atoms with van der Waals surface area (Å²) in [5.41, 5.74) is 0. The summed E-state index contributed by atoms with van der Waals surface area (Å²) in [6.07, 6.45) is 6.00. The van der Waals surface area contributed by atoms with Gasteiger partial charge in [-0.25, -0.2) is 0 Å². The second-order valence-corrected chi connectivity index (χ2v) is 6.51. The predicted octanol–water partition coefficient (Wildman–Crippen LogP) is 0.847. The summed E-state index contributed by atoms with van der Waals surface area (Å²) >= 11 is 0. The average molecular weight is 308 g/mol. The van der Waals surface area contributed by atoms with Crippen LogP contribution >= 0.6 is 0 Å². The van der Waals surface area contributed by atoms with Crippen LogP contribution in [0.4, 0.5) is 0 Å². The molecule has 1 N–H and O–H groups in total. The topological polar surface area (TPSA) is 75.7 Å². The number of nitrogens with zero attached hydrogens (tertiary/aromatic N) is 1. The maximum absolute atomic E-state index is 12.3. The van der Waals surface area contributed by atoms with Crippen molar-refractivity contribution in [3.63, 3.8) is 0 Å². The number of likely N-dealkylation sites (tertiary alicyclic amines) is 1. The molecule has 1 saturated carbocycles. The van der Waals surface area contributed by atoms with Crippen LogP contribution < -0.4 is 5.32 Å². The zero-order chi connectivity index (χ0) is 15.5. The first-order valence-corrected chi connectivity index (χ1v) is 8.40. The molecule has 6 nitrogen and oxygen atoms in total. The van der Waals surface area contributed by atoms with Crippen molar-refractivity contribution in [2.45, 2.75) is 51.0 Å². The Bertz CT molecular complexity index is 435. The van der Waals surface area contributed by atoms with Gasteiger partial charge in [-0.15, -0.1) is 0 Å². The highest BCUT2D eigenvalue weighted by Gasteiger charge is 2.47. The summed E-state index contributed by atoms with van der Waals surface area (Å²) < 4.78 is 5.45. The Morgan fingerprint density at radius 1 is 1.09 bits per heavy atom. The minimum absolute atomic E-state index is 0.0679. The molecule has 6 heteroatoms. The van der Waals surface area contributed by atoms with E-state index in [1.165, 1.54) is 4.90 Å². The molecule has 3 rings (SSSR count). The Hall–Kier alpha value is -1.43. The van der Waals surface area contributed by atoms with Gasteiger partial charge in [0, 0.05) is 26.1 Å². The van der Waals surface area contributed by atoms with Crippen LogP contribution in [0.25, 0.3) is 0 Å². The third-order valence-electron chi connectivity index (χ3n) is 5.05. The van der Waals surface area contributed by atoms with E-state index >= 15 is 0 Å². The Labute approximate surface area is 130 Å². The molecule has 3 atom stereocenters. The molecule has 2 heterocycles. The van der Waals surface area contributed by atoms with E-state index in [2.05, 4.69) is 5.32 Å². The number of nitrogens with one attached hydrogen (secondary N) is 1. The molecule has 22 heavy (non-hydrogen) atoms. The molecule has 3 fully saturated rings. The number of ether oxygens (including phenoxy) is 1. The van der Waals surface area contributed by atoms with Crippen LogP contribution in [-0.4, -0.2) is 48.4 Å². The van der Waals surface area contributed by atoms with Gasteiger partial charge < -0.3 is 10.1 Å². The zero-order valence-electron chi connectivity index (χ0n) is 12.9. The molecule has 3 aliphatic rings. The lowest BCUT2D eigenvalue weighted by Crippen LogP contribution is -2.37. The third-order valence-corrected chi connectivity index (χ3v) is 5.05. The number of imide groups is 1. The molecule has 0 spiro atoms. The summed E-state index contributed by atoms with van der Waals surface area (Å²) in [6.45, 7) is 1.49. The second-order valence-electron chi connectivity index (χ2n) is 6.51. The number of amides is 3. The lowest BCUT2D eigenvalue weighted by atomic mass is 9.81. The smallest absolute Gasteiger partial charge is 0.233 e. The third kappa shape index (κ3) is 3.16. The van der Waals surface area contributed by atoms with Crippen molar-refractivity contribution in [3.05, 3.63) is 0 Å². The van der Waals surface area contributed by atoms with Crippen LogP contribution in [0.5, 0.6) is 0 Å². The van der Waals surface area contributed by atoms with Gasteiger partial charge in [-0.2, -0.15) is 0 Å². The summed E-state index contributed by atoms with van der Waals surface area (Å²) in [5, 5.41) is 2.83. The van der Waals surface area contributed by atoms with Crippen LogP contribution in [0.3, 0.4) is 0 Å². The van der Waals surface area contributed by atoms with Crippen LogP contribution in [0.2, 0.25) is 0 Å². The van der Waals surface area contributed by atoms with Crippen LogP contribution in [0.1, 0.15) is 44.9 Å². The SMILES string of the molecule is O=C(CCN1C(=O)[C@H]2CCCC[C@@H]2C1=O)NC[C@@H]1CCCO1. The number of rotatable bonds is 5. The van der Waals surface area contributed by atoms with E-state index in [1.807, 2.05) is 0 Å². The first-order chi connectivity index (χ1) is 10.7. The molecule has 0 aromatic heterocycles. The number of hydrogen-bond donors (Lipinski definition) is 1. The largest absolute Gasteiger partial charge is 0.376 e. The summed E-state index contributed by atoms with van der Waals surface area (Å²) in [6, 6.07) is 0. The molecular formula is C16H24N2O4.